The zero-order chi connectivity index (χ0) is 19.9. The van der Waals surface area contributed by atoms with Crippen LogP contribution in [0.4, 0.5) is 8.78 Å². The lowest BCUT2D eigenvalue weighted by Crippen LogP contribution is -2.21. The van der Waals surface area contributed by atoms with Gasteiger partial charge in [-0.3, -0.25) is 0 Å². The van der Waals surface area contributed by atoms with Crippen LogP contribution in [-0.4, -0.2) is 12.7 Å². The molecule has 0 amide bonds. The van der Waals surface area contributed by atoms with Crippen molar-refractivity contribution in [2.45, 2.75) is 63.9 Å². The molecule has 0 heterocycles. The van der Waals surface area contributed by atoms with Gasteiger partial charge >= 0.3 is 0 Å². The van der Waals surface area contributed by atoms with Crippen molar-refractivity contribution in [3.8, 4) is 11.1 Å². The molecule has 0 aliphatic heterocycles. The standard InChI is InChI=1S/C25H30F2O/c1-3-5-6-21-13-16-23(25(27)24(21)26)20-9-7-18(8-10-20)19-11-14-22(15-12-19)28-17-4-2/h3,7-10,13,16,19,22H,1,4-6,11-12,14-15,17H2,2H3. The van der Waals surface area contributed by atoms with E-state index in [1.807, 2.05) is 12.1 Å². The van der Waals surface area contributed by atoms with Gasteiger partial charge in [-0.25, -0.2) is 8.78 Å². The first-order valence-electron chi connectivity index (χ1n) is 10.4. The van der Waals surface area contributed by atoms with Crippen molar-refractivity contribution in [1.82, 2.24) is 0 Å². The number of allylic oxidation sites excluding steroid dienone is 1. The smallest absolute Gasteiger partial charge is 0.166 e. The second-order valence-corrected chi connectivity index (χ2v) is 7.69. The Hall–Kier alpha value is -2.00. The molecule has 3 rings (SSSR count). The van der Waals surface area contributed by atoms with Crippen LogP contribution < -0.4 is 0 Å². The van der Waals surface area contributed by atoms with Crippen LogP contribution in [0.1, 0.15) is 62.5 Å². The molecule has 0 aromatic heterocycles. The molecule has 0 saturated heterocycles. The normalized spacial score (nSPS) is 19.5. The molecule has 2 aromatic carbocycles. The monoisotopic (exact) mass is 384 g/mol. The van der Waals surface area contributed by atoms with Crippen LogP contribution in [0.5, 0.6) is 0 Å². The Bertz CT molecular complexity index is 774. The van der Waals surface area contributed by atoms with Gasteiger partial charge in [-0.15, -0.1) is 6.58 Å². The Morgan fingerprint density at radius 1 is 1.00 bits per heavy atom. The van der Waals surface area contributed by atoms with E-state index in [9.17, 15) is 8.78 Å². The predicted octanol–water partition coefficient (Wildman–Crippen LogP) is 7.20. The summed E-state index contributed by atoms with van der Waals surface area (Å²) in [4.78, 5) is 0. The minimum atomic E-state index is -0.761. The number of rotatable bonds is 8. The highest BCUT2D eigenvalue weighted by atomic mass is 19.2. The third kappa shape index (κ3) is 4.88. The van der Waals surface area contributed by atoms with Gasteiger partial charge in [0.1, 0.15) is 0 Å². The molecule has 1 fully saturated rings. The maximum Gasteiger partial charge on any atom is 0.166 e. The van der Waals surface area contributed by atoms with Crippen LogP contribution in [0.15, 0.2) is 49.1 Å². The lowest BCUT2D eigenvalue weighted by atomic mass is 9.82. The van der Waals surface area contributed by atoms with Crippen LogP contribution >= 0.6 is 0 Å². The summed E-state index contributed by atoms with van der Waals surface area (Å²) in [6.45, 7) is 6.62. The molecule has 1 nitrogen and oxygen atoms in total. The van der Waals surface area contributed by atoms with Gasteiger partial charge in [-0.05, 0) is 67.6 Å². The van der Waals surface area contributed by atoms with Crippen LogP contribution in [0.2, 0.25) is 0 Å². The molecule has 150 valence electrons. The SMILES string of the molecule is C=CCCc1ccc(-c2ccc(C3CCC(OCCC)CC3)cc2)c(F)c1F. The minimum absolute atomic E-state index is 0.322. The number of hydrogen-bond acceptors (Lipinski definition) is 1. The van der Waals surface area contributed by atoms with Gasteiger partial charge in [0, 0.05) is 12.2 Å². The fourth-order valence-corrected chi connectivity index (χ4v) is 4.05. The molecule has 2 aromatic rings. The van der Waals surface area contributed by atoms with Crippen LogP contribution in [0, 0.1) is 11.6 Å². The maximum absolute atomic E-state index is 14.6. The fourth-order valence-electron chi connectivity index (χ4n) is 4.05. The molecule has 0 atom stereocenters. The summed E-state index contributed by atoms with van der Waals surface area (Å²) in [7, 11) is 0. The Kier molecular flexibility index (Phi) is 7.38. The highest BCUT2D eigenvalue weighted by Gasteiger charge is 2.23. The van der Waals surface area contributed by atoms with Crippen molar-refractivity contribution in [3.05, 3.63) is 71.8 Å². The van der Waals surface area contributed by atoms with Crippen molar-refractivity contribution in [2.24, 2.45) is 0 Å². The second kappa shape index (κ2) is 9.97. The first-order valence-corrected chi connectivity index (χ1v) is 10.4. The fraction of sp³-hybridized carbons (Fsp3) is 0.440. The summed E-state index contributed by atoms with van der Waals surface area (Å²) in [6.07, 6.45) is 8.71. The van der Waals surface area contributed by atoms with Crippen molar-refractivity contribution < 1.29 is 13.5 Å². The number of ether oxygens (including phenoxy) is 1. The van der Waals surface area contributed by atoms with Crippen LogP contribution in [-0.2, 0) is 11.2 Å². The minimum Gasteiger partial charge on any atom is -0.378 e. The number of benzene rings is 2. The average Bonchev–Trinajstić information content (AvgIpc) is 2.74. The molecular weight excluding hydrogens is 354 g/mol. The molecule has 1 aliphatic carbocycles. The first kappa shape index (κ1) is 20.7. The Morgan fingerprint density at radius 3 is 2.36 bits per heavy atom. The lowest BCUT2D eigenvalue weighted by molar-refractivity contribution is 0.0251. The van der Waals surface area contributed by atoms with E-state index >= 15 is 0 Å². The number of aryl methyl sites for hydroxylation is 1. The number of halogens is 2. The third-order valence-corrected chi connectivity index (χ3v) is 5.71. The third-order valence-electron chi connectivity index (χ3n) is 5.71. The molecule has 1 aliphatic rings. The molecule has 0 bridgehead atoms. The van der Waals surface area contributed by atoms with E-state index in [0.29, 0.717) is 36.0 Å². The molecule has 3 heteroatoms. The van der Waals surface area contributed by atoms with E-state index in [4.69, 9.17) is 4.74 Å². The molecule has 1 saturated carbocycles. The summed E-state index contributed by atoms with van der Waals surface area (Å²) in [5, 5.41) is 0. The van der Waals surface area contributed by atoms with Crippen LogP contribution in [0.25, 0.3) is 11.1 Å². The summed E-state index contributed by atoms with van der Waals surface area (Å²) >= 11 is 0. The summed E-state index contributed by atoms with van der Waals surface area (Å²) in [5.74, 6) is -0.977. The summed E-state index contributed by atoms with van der Waals surface area (Å²) < 4.78 is 34.8. The Balaban J connectivity index is 1.68. The second-order valence-electron chi connectivity index (χ2n) is 7.69. The zero-order valence-corrected chi connectivity index (χ0v) is 16.7. The van der Waals surface area contributed by atoms with Gasteiger partial charge in [0.15, 0.2) is 11.6 Å². The molecule has 0 spiro atoms. The highest BCUT2D eigenvalue weighted by Crippen LogP contribution is 2.35. The van der Waals surface area contributed by atoms with Gasteiger partial charge in [-0.1, -0.05) is 49.4 Å². The van der Waals surface area contributed by atoms with Gasteiger partial charge in [-0.2, -0.15) is 0 Å². The molecular formula is C25H30F2O. The lowest BCUT2D eigenvalue weighted by Gasteiger charge is -2.29. The topological polar surface area (TPSA) is 9.23 Å². The van der Waals surface area contributed by atoms with E-state index < -0.39 is 11.6 Å². The molecule has 0 radical (unpaired) electrons. The number of hydrogen-bond donors (Lipinski definition) is 0. The Morgan fingerprint density at radius 2 is 1.71 bits per heavy atom. The molecule has 0 N–H and O–H groups in total. The highest BCUT2D eigenvalue weighted by molar-refractivity contribution is 5.65. The first-order chi connectivity index (χ1) is 13.6. The maximum atomic E-state index is 14.6. The molecule has 0 unspecified atom stereocenters. The van der Waals surface area contributed by atoms with Gasteiger partial charge in [0.2, 0.25) is 0 Å². The summed E-state index contributed by atoms with van der Waals surface area (Å²) in [5.41, 5.74) is 2.72. The van der Waals surface area contributed by atoms with Crippen molar-refractivity contribution in [1.29, 1.82) is 0 Å². The van der Waals surface area contributed by atoms with Gasteiger partial charge in [0.05, 0.1) is 6.10 Å². The largest absolute Gasteiger partial charge is 0.378 e. The Labute approximate surface area is 167 Å². The van der Waals surface area contributed by atoms with Crippen molar-refractivity contribution >= 4 is 0 Å². The van der Waals surface area contributed by atoms with E-state index in [2.05, 4.69) is 25.6 Å². The average molecular weight is 385 g/mol. The van der Waals surface area contributed by atoms with Gasteiger partial charge < -0.3 is 4.74 Å². The molecule has 28 heavy (non-hydrogen) atoms. The van der Waals surface area contributed by atoms with E-state index in [0.717, 1.165) is 44.3 Å². The van der Waals surface area contributed by atoms with E-state index in [-0.39, 0.29) is 0 Å². The van der Waals surface area contributed by atoms with Crippen molar-refractivity contribution in [3.63, 3.8) is 0 Å². The van der Waals surface area contributed by atoms with E-state index in [1.54, 1.807) is 18.2 Å². The van der Waals surface area contributed by atoms with E-state index in [1.165, 1.54) is 5.56 Å². The zero-order valence-electron chi connectivity index (χ0n) is 16.7. The van der Waals surface area contributed by atoms with Crippen molar-refractivity contribution in [2.75, 3.05) is 6.61 Å². The summed E-state index contributed by atoms with van der Waals surface area (Å²) in [6, 6.07) is 11.3. The quantitative estimate of drug-likeness (QED) is 0.437. The predicted molar refractivity (Wildman–Crippen MR) is 112 cm³/mol. The van der Waals surface area contributed by atoms with Gasteiger partial charge in [0.25, 0.3) is 0 Å². The van der Waals surface area contributed by atoms with Crippen LogP contribution in [0.3, 0.4) is 0 Å².